The van der Waals surface area contributed by atoms with E-state index in [4.69, 9.17) is 14.2 Å². The van der Waals surface area contributed by atoms with E-state index in [2.05, 4.69) is 13.8 Å². The Bertz CT molecular complexity index is 1170. The summed E-state index contributed by atoms with van der Waals surface area (Å²) in [5.41, 5.74) is 2.32. The van der Waals surface area contributed by atoms with Crippen molar-refractivity contribution in [3.63, 3.8) is 0 Å². The first-order chi connectivity index (χ1) is 18.5. The van der Waals surface area contributed by atoms with Gasteiger partial charge in [0.1, 0.15) is 5.82 Å². The lowest BCUT2D eigenvalue weighted by Gasteiger charge is -2.29. The zero-order valence-electron chi connectivity index (χ0n) is 22.3. The zero-order valence-corrected chi connectivity index (χ0v) is 22.3. The number of ether oxygens (including phenoxy) is 3. The van der Waals surface area contributed by atoms with E-state index < -0.39 is 23.7 Å². The Hall–Kier alpha value is -2.83. The Morgan fingerprint density at radius 3 is 2.05 bits per heavy atom. The van der Waals surface area contributed by atoms with Crippen LogP contribution in [-0.2, 0) is 9.47 Å². The lowest BCUT2D eigenvalue weighted by atomic mass is 9.98. The molecule has 1 saturated heterocycles. The van der Waals surface area contributed by atoms with Gasteiger partial charge in [0, 0.05) is 22.6 Å². The third-order valence-electron chi connectivity index (χ3n) is 6.99. The lowest BCUT2D eigenvalue weighted by Crippen LogP contribution is -2.27. The first-order valence-corrected chi connectivity index (χ1v) is 13.8. The second-order valence-electron chi connectivity index (χ2n) is 9.97. The average Bonchev–Trinajstić information content (AvgIpc) is 2.94. The van der Waals surface area contributed by atoms with E-state index in [0.717, 1.165) is 38.5 Å². The monoisotopic (exact) mass is 526 g/mol. The molecule has 0 N–H and O–H groups in total. The van der Waals surface area contributed by atoms with Gasteiger partial charge < -0.3 is 14.2 Å². The highest BCUT2D eigenvalue weighted by Crippen LogP contribution is 2.34. The van der Waals surface area contributed by atoms with Crippen LogP contribution in [0.2, 0.25) is 0 Å². The van der Waals surface area contributed by atoms with Gasteiger partial charge in [-0.05, 0) is 42.2 Å². The molecule has 4 rings (SSSR count). The predicted molar refractivity (Wildman–Crippen MR) is 144 cm³/mol. The summed E-state index contributed by atoms with van der Waals surface area (Å²) in [6, 6.07) is 14.6. The molecular formula is C32H37F3O3. The summed E-state index contributed by atoms with van der Waals surface area (Å²) >= 11 is 0. The molecule has 38 heavy (non-hydrogen) atoms. The van der Waals surface area contributed by atoms with Gasteiger partial charge >= 0.3 is 0 Å². The molecule has 3 aromatic rings. The van der Waals surface area contributed by atoms with Crippen molar-refractivity contribution in [1.29, 1.82) is 0 Å². The maximum Gasteiger partial charge on any atom is 0.201 e. The van der Waals surface area contributed by atoms with E-state index in [0.29, 0.717) is 48.0 Å². The average molecular weight is 527 g/mol. The van der Waals surface area contributed by atoms with Gasteiger partial charge in [0.05, 0.1) is 19.8 Å². The smallest absolute Gasteiger partial charge is 0.201 e. The summed E-state index contributed by atoms with van der Waals surface area (Å²) in [5.74, 6) is -2.04. The summed E-state index contributed by atoms with van der Waals surface area (Å²) in [5, 5.41) is 0. The number of unbranched alkanes of at least 4 members (excludes halogenated alkanes) is 4. The fourth-order valence-corrected chi connectivity index (χ4v) is 4.81. The summed E-state index contributed by atoms with van der Waals surface area (Å²) in [6.45, 7) is 5.84. The van der Waals surface area contributed by atoms with Crippen molar-refractivity contribution in [3.05, 3.63) is 77.6 Å². The molecule has 0 aromatic heterocycles. The normalized spacial score (nSPS) is 17.5. The van der Waals surface area contributed by atoms with E-state index in [9.17, 15) is 8.78 Å². The van der Waals surface area contributed by atoms with Crippen molar-refractivity contribution in [2.45, 2.75) is 65.1 Å². The SMILES string of the molecule is CCCCCCCOc1ccc(-c2ccc(-c3ccc(C4OCC(CCC)CO4)cc3F)cc2)c(F)c1F. The molecular weight excluding hydrogens is 489 g/mol. The van der Waals surface area contributed by atoms with Gasteiger partial charge in [-0.1, -0.05) is 82.3 Å². The van der Waals surface area contributed by atoms with Crippen LogP contribution in [-0.4, -0.2) is 19.8 Å². The predicted octanol–water partition coefficient (Wildman–Crippen LogP) is 9.25. The Balaban J connectivity index is 1.41. The van der Waals surface area contributed by atoms with Crippen LogP contribution in [0, 0.1) is 23.4 Å². The van der Waals surface area contributed by atoms with Crippen molar-refractivity contribution in [2.24, 2.45) is 5.92 Å². The first-order valence-electron chi connectivity index (χ1n) is 13.8. The third-order valence-corrected chi connectivity index (χ3v) is 6.99. The number of rotatable bonds is 12. The maximum absolute atomic E-state index is 15.0. The van der Waals surface area contributed by atoms with Gasteiger partial charge in [-0.15, -0.1) is 0 Å². The van der Waals surface area contributed by atoms with Crippen LogP contribution in [0.5, 0.6) is 5.75 Å². The highest BCUT2D eigenvalue weighted by atomic mass is 19.2. The quantitative estimate of drug-likeness (QED) is 0.220. The molecule has 6 heteroatoms. The van der Waals surface area contributed by atoms with Gasteiger partial charge in [-0.25, -0.2) is 8.78 Å². The third kappa shape index (κ3) is 6.97. The molecule has 1 heterocycles. The topological polar surface area (TPSA) is 27.7 Å². The number of halogens is 3. The van der Waals surface area contributed by atoms with Gasteiger partial charge in [0.15, 0.2) is 17.9 Å². The van der Waals surface area contributed by atoms with E-state index in [1.54, 1.807) is 36.4 Å². The van der Waals surface area contributed by atoms with Crippen molar-refractivity contribution in [2.75, 3.05) is 19.8 Å². The molecule has 0 amide bonds. The van der Waals surface area contributed by atoms with E-state index in [1.165, 1.54) is 24.6 Å². The van der Waals surface area contributed by atoms with Crippen molar-refractivity contribution in [1.82, 2.24) is 0 Å². The minimum Gasteiger partial charge on any atom is -0.490 e. The van der Waals surface area contributed by atoms with Crippen LogP contribution in [0.3, 0.4) is 0 Å². The van der Waals surface area contributed by atoms with Crippen LogP contribution >= 0.6 is 0 Å². The second kappa shape index (κ2) is 13.8. The maximum atomic E-state index is 15.0. The van der Waals surface area contributed by atoms with Crippen LogP contribution in [0.1, 0.15) is 70.6 Å². The van der Waals surface area contributed by atoms with Gasteiger partial charge in [0.25, 0.3) is 0 Å². The molecule has 0 unspecified atom stereocenters. The zero-order chi connectivity index (χ0) is 26.9. The van der Waals surface area contributed by atoms with E-state index in [-0.39, 0.29) is 11.3 Å². The molecule has 0 aliphatic carbocycles. The molecule has 3 aromatic carbocycles. The molecule has 1 aliphatic heterocycles. The van der Waals surface area contributed by atoms with Gasteiger partial charge in [0.2, 0.25) is 5.82 Å². The Kier molecular flexibility index (Phi) is 10.2. The highest BCUT2D eigenvalue weighted by molar-refractivity contribution is 5.71. The molecule has 0 bridgehead atoms. The van der Waals surface area contributed by atoms with Crippen molar-refractivity contribution < 1.29 is 27.4 Å². The number of hydrogen-bond acceptors (Lipinski definition) is 3. The summed E-state index contributed by atoms with van der Waals surface area (Å²) < 4.78 is 61.6. The fraction of sp³-hybridized carbons (Fsp3) is 0.438. The van der Waals surface area contributed by atoms with Crippen LogP contribution in [0.15, 0.2) is 54.6 Å². The summed E-state index contributed by atoms with van der Waals surface area (Å²) in [4.78, 5) is 0. The molecule has 1 aliphatic rings. The second-order valence-corrected chi connectivity index (χ2v) is 9.97. The number of benzene rings is 3. The molecule has 1 fully saturated rings. The van der Waals surface area contributed by atoms with E-state index >= 15 is 4.39 Å². The Morgan fingerprint density at radius 1 is 0.737 bits per heavy atom. The summed E-state index contributed by atoms with van der Waals surface area (Å²) in [6.07, 6.45) is 6.79. The molecule has 0 atom stereocenters. The van der Waals surface area contributed by atoms with Gasteiger partial charge in [-0.3, -0.25) is 0 Å². The fourth-order valence-electron chi connectivity index (χ4n) is 4.81. The molecule has 0 saturated carbocycles. The minimum atomic E-state index is -0.991. The van der Waals surface area contributed by atoms with E-state index in [1.807, 2.05) is 0 Å². The standard InChI is InChI=1S/C32H37F3O3/c1-3-5-6-7-8-18-36-29-17-16-27(30(34)31(29)35)24-12-10-23(11-13-24)26-15-14-25(19-28(26)33)32-37-20-22(9-4-2)21-38-32/h10-17,19,22,32H,3-9,18,20-21H2,1-2H3. The van der Waals surface area contributed by atoms with Crippen LogP contribution < -0.4 is 4.74 Å². The van der Waals surface area contributed by atoms with Crippen molar-refractivity contribution in [3.8, 4) is 28.0 Å². The lowest BCUT2D eigenvalue weighted by molar-refractivity contribution is -0.206. The minimum absolute atomic E-state index is 0.0765. The van der Waals surface area contributed by atoms with Gasteiger partial charge in [-0.2, -0.15) is 4.39 Å². The molecule has 3 nitrogen and oxygen atoms in total. The Morgan fingerprint density at radius 2 is 1.39 bits per heavy atom. The Labute approximate surface area is 223 Å². The largest absolute Gasteiger partial charge is 0.490 e. The molecule has 204 valence electrons. The highest BCUT2D eigenvalue weighted by Gasteiger charge is 2.24. The van der Waals surface area contributed by atoms with Crippen LogP contribution in [0.25, 0.3) is 22.3 Å². The molecule has 0 radical (unpaired) electrons. The first kappa shape index (κ1) is 28.2. The number of hydrogen-bond donors (Lipinski definition) is 0. The summed E-state index contributed by atoms with van der Waals surface area (Å²) in [7, 11) is 0. The van der Waals surface area contributed by atoms with Crippen LogP contribution in [0.4, 0.5) is 13.2 Å². The van der Waals surface area contributed by atoms with Crippen molar-refractivity contribution >= 4 is 0 Å². The molecule has 0 spiro atoms.